The van der Waals surface area contributed by atoms with E-state index in [2.05, 4.69) is 39.5 Å². The van der Waals surface area contributed by atoms with Crippen molar-refractivity contribution in [1.82, 2.24) is 0 Å². The van der Waals surface area contributed by atoms with Gasteiger partial charge in [0.05, 0.1) is 0 Å². The first kappa shape index (κ1) is 15.9. The van der Waals surface area contributed by atoms with Crippen molar-refractivity contribution >= 4 is 17.3 Å². The van der Waals surface area contributed by atoms with Gasteiger partial charge in [-0.2, -0.15) is 0 Å². The molecule has 116 valence electrons. The largest absolute Gasteiger partial charge is 0.378 e. The fourth-order valence-corrected chi connectivity index (χ4v) is 2.15. The molecule has 2 aromatic rings. The average Bonchev–Trinajstić information content (AvgIpc) is 2.53. The van der Waals surface area contributed by atoms with Crippen LogP contribution in [0.1, 0.15) is 12.0 Å². The molecule has 4 nitrogen and oxygen atoms in total. The number of anilines is 2. The molecule has 3 N–H and O–H groups in total. The molecule has 0 saturated carbocycles. The highest BCUT2D eigenvalue weighted by atomic mass is 15.1. The normalized spacial score (nSPS) is 11.3. The van der Waals surface area contributed by atoms with Crippen LogP contribution >= 0.6 is 0 Å². The summed E-state index contributed by atoms with van der Waals surface area (Å²) in [5.41, 5.74) is 9.38. The van der Waals surface area contributed by atoms with Crippen LogP contribution in [0.3, 0.4) is 0 Å². The maximum Gasteiger partial charge on any atom is 0.193 e. The molecule has 0 fully saturated rings. The van der Waals surface area contributed by atoms with Gasteiger partial charge in [-0.25, -0.2) is 0 Å². The molecule has 22 heavy (non-hydrogen) atoms. The first-order chi connectivity index (χ1) is 10.6. The lowest BCUT2D eigenvalue weighted by Crippen LogP contribution is -2.22. The highest BCUT2D eigenvalue weighted by Crippen LogP contribution is 2.13. The molecule has 4 heteroatoms. The third-order valence-corrected chi connectivity index (χ3v) is 3.40. The van der Waals surface area contributed by atoms with Crippen molar-refractivity contribution in [3.63, 3.8) is 0 Å². The minimum absolute atomic E-state index is 0.467. The zero-order chi connectivity index (χ0) is 15.8. The molecular formula is C18H24N4. The maximum absolute atomic E-state index is 5.87. The van der Waals surface area contributed by atoms with Crippen LogP contribution in [-0.2, 0) is 6.42 Å². The van der Waals surface area contributed by atoms with Crippen molar-refractivity contribution in [2.45, 2.75) is 12.8 Å². The molecule has 0 aliphatic heterocycles. The molecule has 0 radical (unpaired) electrons. The van der Waals surface area contributed by atoms with E-state index in [0.717, 1.165) is 25.1 Å². The number of hydrogen-bond donors (Lipinski definition) is 2. The average molecular weight is 296 g/mol. The third kappa shape index (κ3) is 5.13. The van der Waals surface area contributed by atoms with Crippen molar-refractivity contribution in [3.05, 3.63) is 60.2 Å². The summed E-state index contributed by atoms with van der Waals surface area (Å²) < 4.78 is 0. The Labute approximate surface area is 132 Å². The number of nitrogens with zero attached hydrogens (tertiary/aromatic N) is 2. The molecule has 0 spiro atoms. The van der Waals surface area contributed by atoms with Gasteiger partial charge in [0, 0.05) is 32.0 Å². The standard InChI is InChI=1S/C18H24N4/c1-22(2)17-12-10-15(11-13-17)7-6-14-20-18(19)21-16-8-4-3-5-9-16/h3-5,8-13H,6-7,14H2,1-2H3,(H3,19,20,21). The van der Waals surface area contributed by atoms with Crippen LogP contribution in [0, 0.1) is 0 Å². The number of aliphatic imine (C=N–C) groups is 1. The van der Waals surface area contributed by atoms with Crippen LogP contribution in [0.25, 0.3) is 0 Å². The van der Waals surface area contributed by atoms with Crippen molar-refractivity contribution in [2.24, 2.45) is 10.7 Å². The van der Waals surface area contributed by atoms with Gasteiger partial charge in [0.2, 0.25) is 0 Å². The second kappa shape index (κ2) is 8.08. The van der Waals surface area contributed by atoms with Gasteiger partial charge in [-0.15, -0.1) is 0 Å². The summed E-state index contributed by atoms with van der Waals surface area (Å²) in [6, 6.07) is 18.5. The summed E-state index contributed by atoms with van der Waals surface area (Å²) in [5, 5.41) is 3.08. The Morgan fingerprint density at radius 1 is 1.05 bits per heavy atom. The monoisotopic (exact) mass is 296 g/mol. The van der Waals surface area contributed by atoms with Gasteiger partial charge in [0.1, 0.15) is 0 Å². The number of nitrogens with one attached hydrogen (secondary N) is 1. The van der Waals surface area contributed by atoms with Crippen molar-refractivity contribution in [3.8, 4) is 0 Å². The predicted octanol–water partition coefficient (Wildman–Crippen LogP) is 3.11. The minimum atomic E-state index is 0.467. The van der Waals surface area contributed by atoms with Gasteiger partial charge in [-0.05, 0) is 42.7 Å². The summed E-state index contributed by atoms with van der Waals surface area (Å²) in [6.07, 6.45) is 1.99. The van der Waals surface area contributed by atoms with E-state index in [1.165, 1.54) is 11.3 Å². The van der Waals surface area contributed by atoms with E-state index < -0.39 is 0 Å². The number of nitrogens with two attached hydrogens (primary N) is 1. The minimum Gasteiger partial charge on any atom is -0.378 e. The molecule has 0 bridgehead atoms. The molecule has 0 heterocycles. The second-order valence-electron chi connectivity index (χ2n) is 5.42. The Kier molecular flexibility index (Phi) is 5.83. The SMILES string of the molecule is CN(C)c1ccc(CCCN=C(N)Nc2ccccc2)cc1. The van der Waals surface area contributed by atoms with Crippen LogP contribution in [-0.4, -0.2) is 26.6 Å². The lowest BCUT2D eigenvalue weighted by molar-refractivity contribution is 0.832. The topological polar surface area (TPSA) is 53.6 Å². The van der Waals surface area contributed by atoms with Crippen molar-refractivity contribution in [2.75, 3.05) is 30.9 Å². The van der Waals surface area contributed by atoms with E-state index in [4.69, 9.17) is 5.73 Å². The second-order valence-corrected chi connectivity index (χ2v) is 5.42. The Hall–Kier alpha value is -2.49. The molecule has 2 aromatic carbocycles. The van der Waals surface area contributed by atoms with Crippen LogP contribution in [0.5, 0.6) is 0 Å². The van der Waals surface area contributed by atoms with Gasteiger partial charge in [-0.3, -0.25) is 4.99 Å². The molecule has 0 saturated heterocycles. The Morgan fingerprint density at radius 2 is 1.73 bits per heavy atom. The Balaban J connectivity index is 1.75. The number of hydrogen-bond acceptors (Lipinski definition) is 2. The Bertz CT molecular complexity index is 588. The van der Waals surface area contributed by atoms with Crippen molar-refractivity contribution in [1.29, 1.82) is 0 Å². The van der Waals surface area contributed by atoms with Gasteiger partial charge < -0.3 is 16.0 Å². The molecule has 0 aliphatic rings. The van der Waals surface area contributed by atoms with Crippen LogP contribution < -0.4 is 16.0 Å². The fourth-order valence-electron chi connectivity index (χ4n) is 2.15. The van der Waals surface area contributed by atoms with Crippen LogP contribution in [0.4, 0.5) is 11.4 Å². The van der Waals surface area contributed by atoms with E-state index in [1.54, 1.807) is 0 Å². The zero-order valence-electron chi connectivity index (χ0n) is 13.3. The Morgan fingerprint density at radius 3 is 2.36 bits per heavy atom. The number of rotatable bonds is 6. The summed E-state index contributed by atoms with van der Waals surface area (Å²) in [6.45, 7) is 0.723. The molecule has 0 unspecified atom stereocenters. The summed E-state index contributed by atoms with van der Waals surface area (Å²) in [7, 11) is 4.10. The lowest BCUT2D eigenvalue weighted by atomic mass is 10.1. The first-order valence-electron chi connectivity index (χ1n) is 7.53. The summed E-state index contributed by atoms with van der Waals surface area (Å²) in [4.78, 5) is 6.46. The molecule has 0 aromatic heterocycles. The molecule has 2 rings (SSSR count). The van der Waals surface area contributed by atoms with E-state index in [1.807, 2.05) is 44.4 Å². The highest BCUT2D eigenvalue weighted by molar-refractivity contribution is 5.92. The molecule has 0 amide bonds. The lowest BCUT2D eigenvalue weighted by Gasteiger charge is -2.12. The van der Waals surface area contributed by atoms with Crippen molar-refractivity contribution < 1.29 is 0 Å². The zero-order valence-corrected chi connectivity index (χ0v) is 13.3. The fraction of sp³-hybridized carbons (Fsp3) is 0.278. The van der Waals surface area contributed by atoms with Crippen LogP contribution in [0.15, 0.2) is 59.6 Å². The molecule has 0 atom stereocenters. The van der Waals surface area contributed by atoms with Gasteiger partial charge in [0.25, 0.3) is 0 Å². The van der Waals surface area contributed by atoms with Crippen LogP contribution in [0.2, 0.25) is 0 Å². The van der Waals surface area contributed by atoms with E-state index >= 15 is 0 Å². The molecular weight excluding hydrogens is 272 g/mol. The predicted molar refractivity (Wildman–Crippen MR) is 95.6 cm³/mol. The molecule has 0 aliphatic carbocycles. The third-order valence-electron chi connectivity index (χ3n) is 3.40. The van der Waals surface area contributed by atoms with E-state index in [-0.39, 0.29) is 0 Å². The number of benzene rings is 2. The highest BCUT2D eigenvalue weighted by Gasteiger charge is 1.97. The quantitative estimate of drug-likeness (QED) is 0.489. The van der Waals surface area contributed by atoms with E-state index in [9.17, 15) is 0 Å². The number of para-hydroxylation sites is 1. The summed E-state index contributed by atoms with van der Waals surface area (Å²) in [5.74, 6) is 0.467. The number of aryl methyl sites for hydroxylation is 1. The van der Waals surface area contributed by atoms with Gasteiger partial charge >= 0.3 is 0 Å². The maximum atomic E-state index is 5.87. The van der Waals surface area contributed by atoms with Gasteiger partial charge in [-0.1, -0.05) is 30.3 Å². The smallest absolute Gasteiger partial charge is 0.193 e. The first-order valence-corrected chi connectivity index (χ1v) is 7.53. The number of guanidine groups is 1. The summed E-state index contributed by atoms with van der Waals surface area (Å²) >= 11 is 0. The van der Waals surface area contributed by atoms with E-state index in [0.29, 0.717) is 5.96 Å². The van der Waals surface area contributed by atoms with Gasteiger partial charge in [0.15, 0.2) is 5.96 Å².